The van der Waals surface area contributed by atoms with Crippen LogP contribution in [0.25, 0.3) is 0 Å². The smallest absolute Gasteiger partial charge is 0.138 e. The van der Waals surface area contributed by atoms with Crippen LogP contribution < -0.4 is 0 Å². The monoisotopic (exact) mass is 276 g/mol. The molecule has 1 nitrogen and oxygen atoms in total. The maximum Gasteiger partial charge on any atom is 0.138 e. The van der Waals surface area contributed by atoms with Crippen molar-refractivity contribution in [2.45, 2.75) is 4.83 Å². The highest BCUT2D eigenvalue weighted by atomic mass is 79.9. The molecule has 1 aromatic rings. The van der Waals surface area contributed by atoms with Crippen LogP contribution in [-0.2, 0) is 4.79 Å². The number of hydrogen-bond acceptors (Lipinski definition) is 1. The molecule has 3 heteroatoms. The van der Waals surface area contributed by atoms with E-state index in [9.17, 15) is 4.79 Å². The number of alkyl halides is 1. The van der Waals surface area contributed by atoms with Gasteiger partial charge in [0.25, 0.3) is 0 Å². The summed E-state index contributed by atoms with van der Waals surface area (Å²) in [4.78, 5) is 10.2. The first-order chi connectivity index (χ1) is 5.24. The summed E-state index contributed by atoms with van der Waals surface area (Å²) in [5, 5.41) is 0. The average Bonchev–Trinajstić information content (AvgIpc) is 2.03. The van der Waals surface area contributed by atoms with E-state index in [4.69, 9.17) is 0 Å². The highest BCUT2D eigenvalue weighted by Crippen LogP contribution is 2.22. The fraction of sp³-hybridized carbons (Fsp3) is 0.125. The number of carbonyl (C=O) groups excluding carboxylic acids is 1. The van der Waals surface area contributed by atoms with Crippen molar-refractivity contribution in [3.8, 4) is 0 Å². The Morgan fingerprint density at radius 2 is 2.18 bits per heavy atom. The van der Waals surface area contributed by atoms with Crippen LogP contribution in [-0.4, -0.2) is 6.29 Å². The molecule has 0 fully saturated rings. The summed E-state index contributed by atoms with van der Waals surface area (Å²) in [5.74, 6) is 0. The predicted octanol–water partition coefficient (Wildman–Crippen LogP) is 3.08. The van der Waals surface area contributed by atoms with Gasteiger partial charge in [-0.3, -0.25) is 0 Å². The lowest BCUT2D eigenvalue weighted by Gasteiger charge is -2.01. The first kappa shape index (κ1) is 8.94. The van der Waals surface area contributed by atoms with Gasteiger partial charge in [-0.1, -0.05) is 44.0 Å². The number of rotatable bonds is 2. The Hall–Kier alpha value is -0.150. The van der Waals surface area contributed by atoms with Crippen molar-refractivity contribution in [3.63, 3.8) is 0 Å². The number of benzene rings is 1. The maximum atomic E-state index is 10.4. The summed E-state index contributed by atoms with van der Waals surface area (Å²) in [6, 6.07) is 7.64. The van der Waals surface area contributed by atoms with Crippen LogP contribution in [0, 0.1) is 0 Å². The van der Waals surface area contributed by atoms with E-state index in [0.29, 0.717) is 0 Å². The molecule has 0 aliphatic carbocycles. The van der Waals surface area contributed by atoms with Crippen molar-refractivity contribution in [1.82, 2.24) is 0 Å². The van der Waals surface area contributed by atoms with Crippen LogP contribution >= 0.6 is 31.9 Å². The highest BCUT2D eigenvalue weighted by Gasteiger charge is 2.04. The molecule has 0 aliphatic heterocycles. The van der Waals surface area contributed by atoms with Gasteiger partial charge in [0, 0.05) is 4.47 Å². The second-order valence-electron chi connectivity index (χ2n) is 2.09. The van der Waals surface area contributed by atoms with E-state index in [0.717, 1.165) is 16.3 Å². The third-order valence-electron chi connectivity index (χ3n) is 1.29. The van der Waals surface area contributed by atoms with Gasteiger partial charge in [-0.15, -0.1) is 0 Å². The maximum absolute atomic E-state index is 10.4. The molecule has 0 bridgehead atoms. The zero-order valence-electron chi connectivity index (χ0n) is 5.63. The molecule has 1 atom stereocenters. The molecular formula is C8H6Br2O. The minimum Gasteiger partial charge on any atom is -0.302 e. The van der Waals surface area contributed by atoms with Gasteiger partial charge < -0.3 is 4.79 Å². The van der Waals surface area contributed by atoms with Gasteiger partial charge >= 0.3 is 0 Å². The minimum absolute atomic E-state index is 0.194. The Bertz CT molecular complexity index is 260. The number of carbonyl (C=O) groups is 1. The van der Waals surface area contributed by atoms with Crippen molar-refractivity contribution in [1.29, 1.82) is 0 Å². The van der Waals surface area contributed by atoms with E-state index in [1.807, 2.05) is 24.3 Å². The third-order valence-corrected chi connectivity index (χ3v) is 2.52. The van der Waals surface area contributed by atoms with E-state index in [2.05, 4.69) is 31.9 Å². The Kier molecular flexibility index (Phi) is 3.27. The summed E-state index contributed by atoms with van der Waals surface area (Å²) in [6.45, 7) is 0. The Balaban J connectivity index is 2.95. The Morgan fingerprint density at radius 1 is 1.45 bits per heavy atom. The van der Waals surface area contributed by atoms with Crippen LogP contribution in [0.15, 0.2) is 28.7 Å². The Morgan fingerprint density at radius 3 is 2.73 bits per heavy atom. The lowest BCUT2D eigenvalue weighted by Crippen LogP contribution is -1.89. The quantitative estimate of drug-likeness (QED) is 0.600. The van der Waals surface area contributed by atoms with E-state index in [-0.39, 0.29) is 4.83 Å². The molecule has 0 heterocycles. The molecule has 0 aliphatic rings. The molecule has 1 rings (SSSR count). The van der Waals surface area contributed by atoms with Crippen LogP contribution in [0.2, 0.25) is 0 Å². The average molecular weight is 278 g/mol. The van der Waals surface area contributed by atoms with Crippen molar-refractivity contribution in [2.24, 2.45) is 0 Å². The fourth-order valence-electron chi connectivity index (χ4n) is 0.757. The first-order valence-corrected chi connectivity index (χ1v) is 4.79. The molecule has 0 saturated heterocycles. The normalized spacial score (nSPS) is 12.5. The number of aldehydes is 1. The largest absolute Gasteiger partial charge is 0.302 e. The van der Waals surface area contributed by atoms with Gasteiger partial charge in [0.05, 0.1) is 4.83 Å². The zero-order chi connectivity index (χ0) is 8.27. The van der Waals surface area contributed by atoms with Crippen LogP contribution in [0.1, 0.15) is 10.4 Å². The van der Waals surface area contributed by atoms with E-state index >= 15 is 0 Å². The summed E-state index contributed by atoms with van der Waals surface area (Å²) in [7, 11) is 0. The minimum atomic E-state index is -0.194. The van der Waals surface area contributed by atoms with Crippen molar-refractivity contribution in [3.05, 3.63) is 34.3 Å². The van der Waals surface area contributed by atoms with Gasteiger partial charge in [0.15, 0.2) is 0 Å². The van der Waals surface area contributed by atoms with Gasteiger partial charge in [-0.2, -0.15) is 0 Å². The third kappa shape index (κ3) is 2.42. The molecule has 0 aromatic heterocycles. The van der Waals surface area contributed by atoms with Gasteiger partial charge in [-0.25, -0.2) is 0 Å². The van der Waals surface area contributed by atoms with Gasteiger partial charge in [0.2, 0.25) is 0 Å². The molecule has 0 unspecified atom stereocenters. The van der Waals surface area contributed by atoms with Crippen LogP contribution in [0.5, 0.6) is 0 Å². The molecule has 0 radical (unpaired) electrons. The second kappa shape index (κ2) is 4.02. The molecule has 0 amide bonds. The summed E-state index contributed by atoms with van der Waals surface area (Å²) >= 11 is 6.55. The lowest BCUT2D eigenvalue weighted by molar-refractivity contribution is -0.107. The van der Waals surface area contributed by atoms with E-state index in [1.165, 1.54) is 0 Å². The topological polar surface area (TPSA) is 17.1 Å². The van der Waals surface area contributed by atoms with E-state index < -0.39 is 0 Å². The molecule has 11 heavy (non-hydrogen) atoms. The predicted molar refractivity (Wildman–Crippen MR) is 51.9 cm³/mol. The molecule has 0 saturated carbocycles. The van der Waals surface area contributed by atoms with Crippen LogP contribution in [0.4, 0.5) is 0 Å². The van der Waals surface area contributed by atoms with Crippen molar-refractivity contribution in [2.75, 3.05) is 0 Å². The van der Waals surface area contributed by atoms with E-state index in [1.54, 1.807) is 0 Å². The molecular weight excluding hydrogens is 272 g/mol. The Labute approximate surface area is 82.1 Å². The molecule has 58 valence electrons. The van der Waals surface area contributed by atoms with Crippen molar-refractivity contribution >= 4 is 38.1 Å². The van der Waals surface area contributed by atoms with Crippen molar-refractivity contribution < 1.29 is 4.79 Å². The number of hydrogen-bond donors (Lipinski definition) is 0. The van der Waals surface area contributed by atoms with Crippen LogP contribution in [0.3, 0.4) is 0 Å². The first-order valence-electron chi connectivity index (χ1n) is 3.09. The SMILES string of the molecule is O=C[C@@H](Br)c1cccc(Br)c1. The van der Waals surface area contributed by atoms with Gasteiger partial charge in [-0.05, 0) is 17.7 Å². The standard InChI is InChI=1S/C8H6Br2O/c9-7-3-1-2-6(4-7)8(10)5-11/h1-5,8H/t8-/m1/s1. The number of halogens is 2. The molecule has 0 spiro atoms. The highest BCUT2D eigenvalue weighted by molar-refractivity contribution is 9.10. The fourth-order valence-corrected chi connectivity index (χ4v) is 1.46. The molecule has 1 aromatic carbocycles. The summed E-state index contributed by atoms with van der Waals surface area (Å²) in [5.41, 5.74) is 0.967. The zero-order valence-corrected chi connectivity index (χ0v) is 8.80. The lowest BCUT2D eigenvalue weighted by atomic mass is 10.2. The summed E-state index contributed by atoms with van der Waals surface area (Å²) < 4.78 is 0.987. The second-order valence-corrected chi connectivity index (χ2v) is 4.00. The summed E-state index contributed by atoms with van der Waals surface area (Å²) in [6.07, 6.45) is 0.863. The molecule has 0 N–H and O–H groups in total. The van der Waals surface area contributed by atoms with Gasteiger partial charge in [0.1, 0.15) is 6.29 Å².